The fourth-order valence-corrected chi connectivity index (χ4v) is 2.05. The summed E-state index contributed by atoms with van der Waals surface area (Å²) in [7, 11) is 1.65. The summed E-state index contributed by atoms with van der Waals surface area (Å²) in [6.45, 7) is 0. The molecule has 0 aliphatic heterocycles. The monoisotopic (exact) mass is 197 g/mol. The predicted octanol–water partition coefficient (Wildman–Crippen LogP) is 2.48. The highest BCUT2D eigenvalue weighted by molar-refractivity contribution is 6.30. The highest BCUT2D eigenvalue weighted by atomic mass is 35.5. The molecule has 2 rings (SSSR count). The second-order valence-electron chi connectivity index (χ2n) is 3.26. The van der Waals surface area contributed by atoms with Crippen LogP contribution in [0, 0.1) is 0 Å². The Kier molecular flexibility index (Phi) is 2.54. The SMILES string of the molecule is CONC1CCc2cc(Cl)ccc21. The molecule has 1 aliphatic rings. The maximum absolute atomic E-state index is 5.90. The van der Waals surface area contributed by atoms with Gasteiger partial charge in [-0.25, -0.2) is 0 Å². The van der Waals surface area contributed by atoms with Crippen molar-refractivity contribution >= 4 is 11.6 Å². The van der Waals surface area contributed by atoms with Gasteiger partial charge in [-0.15, -0.1) is 0 Å². The number of halogens is 1. The molecule has 0 saturated heterocycles. The smallest absolute Gasteiger partial charge is 0.0577 e. The van der Waals surface area contributed by atoms with E-state index in [4.69, 9.17) is 16.4 Å². The van der Waals surface area contributed by atoms with Crippen molar-refractivity contribution in [2.75, 3.05) is 7.11 Å². The van der Waals surface area contributed by atoms with Gasteiger partial charge >= 0.3 is 0 Å². The van der Waals surface area contributed by atoms with E-state index in [0.29, 0.717) is 6.04 Å². The van der Waals surface area contributed by atoms with Crippen LogP contribution in [0.4, 0.5) is 0 Å². The van der Waals surface area contributed by atoms with E-state index in [9.17, 15) is 0 Å². The summed E-state index contributed by atoms with van der Waals surface area (Å²) in [6, 6.07) is 6.36. The van der Waals surface area contributed by atoms with Crippen LogP contribution in [0.15, 0.2) is 18.2 Å². The third-order valence-electron chi connectivity index (χ3n) is 2.44. The number of aryl methyl sites for hydroxylation is 1. The van der Waals surface area contributed by atoms with Crippen LogP contribution in [0.2, 0.25) is 5.02 Å². The molecule has 3 heteroatoms. The Morgan fingerprint density at radius 2 is 2.38 bits per heavy atom. The third-order valence-corrected chi connectivity index (χ3v) is 2.68. The lowest BCUT2D eigenvalue weighted by Gasteiger charge is -2.11. The summed E-state index contributed by atoms with van der Waals surface area (Å²) in [5.74, 6) is 0. The molecule has 0 fully saturated rings. The molecule has 1 aliphatic carbocycles. The van der Waals surface area contributed by atoms with E-state index in [-0.39, 0.29) is 0 Å². The van der Waals surface area contributed by atoms with Crippen LogP contribution in [-0.4, -0.2) is 7.11 Å². The van der Waals surface area contributed by atoms with Crippen LogP contribution >= 0.6 is 11.6 Å². The Bertz CT molecular complexity index is 314. The van der Waals surface area contributed by atoms with Gasteiger partial charge < -0.3 is 4.84 Å². The number of nitrogens with one attached hydrogen (secondary N) is 1. The minimum absolute atomic E-state index is 0.331. The van der Waals surface area contributed by atoms with Gasteiger partial charge in [0.15, 0.2) is 0 Å². The van der Waals surface area contributed by atoms with Crippen LogP contribution in [0.1, 0.15) is 23.6 Å². The highest BCUT2D eigenvalue weighted by Crippen LogP contribution is 2.32. The Balaban J connectivity index is 2.27. The number of hydroxylamine groups is 1. The van der Waals surface area contributed by atoms with E-state index in [1.54, 1.807) is 7.11 Å². The minimum atomic E-state index is 0.331. The largest absolute Gasteiger partial charge is 0.305 e. The quantitative estimate of drug-likeness (QED) is 0.736. The van der Waals surface area contributed by atoms with Crippen molar-refractivity contribution in [3.05, 3.63) is 34.3 Å². The van der Waals surface area contributed by atoms with E-state index < -0.39 is 0 Å². The lowest BCUT2D eigenvalue weighted by atomic mass is 10.1. The second kappa shape index (κ2) is 3.66. The van der Waals surface area contributed by atoms with E-state index >= 15 is 0 Å². The van der Waals surface area contributed by atoms with Crippen LogP contribution < -0.4 is 5.48 Å². The van der Waals surface area contributed by atoms with Gasteiger partial charge in [-0.1, -0.05) is 17.7 Å². The van der Waals surface area contributed by atoms with Gasteiger partial charge in [-0.2, -0.15) is 5.48 Å². The predicted molar refractivity (Wildman–Crippen MR) is 52.7 cm³/mol. The number of hydrogen-bond donors (Lipinski definition) is 1. The third kappa shape index (κ3) is 1.70. The standard InChI is InChI=1S/C10H12ClNO/c1-13-12-10-5-2-7-6-8(11)3-4-9(7)10/h3-4,6,10,12H,2,5H2,1H3. The summed E-state index contributed by atoms with van der Waals surface area (Å²) < 4.78 is 0. The molecule has 0 radical (unpaired) electrons. The molecule has 0 spiro atoms. The first kappa shape index (κ1) is 9.00. The van der Waals surface area contributed by atoms with Gasteiger partial charge in [0.1, 0.15) is 0 Å². The molecular weight excluding hydrogens is 186 g/mol. The van der Waals surface area contributed by atoms with E-state index in [0.717, 1.165) is 17.9 Å². The van der Waals surface area contributed by atoms with Crippen LogP contribution in [0.25, 0.3) is 0 Å². The lowest BCUT2D eigenvalue weighted by Crippen LogP contribution is -2.17. The molecule has 0 bridgehead atoms. The first-order chi connectivity index (χ1) is 6.31. The fraction of sp³-hybridized carbons (Fsp3) is 0.400. The Morgan fingerprint density at radius 1 is 1.54 bits per heavy atom. The maximum Gasteiger partial charge on any atom is 0.0577 e. The molecule has 1 aromatic carbocycles. The molecule has 1 N–H and O–H groups in total. The zero-order valence-corrected chi connectivity index (χ0v) is 8.27. The summed E-state index contributed by atoms with van der Waals surface area (Å²) >= 11 is 5.90. The molecular formula is C10H12ClNO. The average Bonchev–Trinajstić information content (AvgIpc) is 2.49. The summed E-state index contributed by atoms with van der Waals surface area (Å²) in [5, 5.41) is 0.816. The molecule has 2 nitrogen and oxygen atoms in total. The van der Waals surface area contributed by atoms with E-state index in [2.05, 4.69) is 11.5 Å². The van der Waals surface area contributed by atoms with Crippen molar-refractivity contribution in [1.82, 2.24) is 5.48 Å². The molecule has 0 heterocycles. The Morgan fingerprint density at radius 3 is 3.15 bits per heavy atom. The summed E-state index contributed by atoms with van der Waals surface area (Å²) in [4.78, 5) is 4.93. The Hall–Kier alpha value is -0.570. The van der Waals surface area contributed by atoms with Crippen molar-refractivity contribution in [1.29, 1.82) is 0 Å². The fourth-order valence-electron chi connectivity index (χ4n) is 1.85. The number of benzene rings is 1. The topological polar surface area (TPSA) is 21.3 Å². The van der Waals surface area contributed by atoms with Crippen LogP contribution in [0.5, 0.6) is 0 Å². The van der Waals surface area contributed by atoms with Gasteiger partial charge in [0.05, 0.1) is 13.2 Å². The molecule has 0 aromatic heterocycles. The average molecular weight is 198 g/mol. The zero-order valence-electron chi connectivity index (χ0n) is 7.51. The molecule has 1 aromatic rings. The summed E-state index contributed by atoms with van der Waals surface area (Å²) in [5.41, 5.74) is 5.62. The second-order valence-corrected chi connectivity index (χ2v) is 3.69. The molecule has 13 heavy (non-hydrogen) atoms. The molecule has 70 valence electrons. The van der Waals surface area contributed by atoms with Gasteiger partial charge in [0, 0.05) is 5.02 Å². The van der Waals surface area contributed by atoms with Gasteiger partial charge in [-0.3, -0.25) is 0 Å². The van der Waals surface area contributed by atoms with Gasteiger partial charge in [0.25, 0.3) is 0 Å². The molecule has 0 amide bonds. The summed E-state index contributed by atoms with van der Waals surface area (Å²) in [6.07, 6.45) is 2.17. The number of fused-ring (bicyclic) bond motifs is 1. The highest BCUT2D eigenvalue weighted by Gasteiger charge is 2.21. The van der Waals surface area contributed by atoms with Gasteiger partial charge in [-0.05, 0) is 36.1 Å². The lowest BCUT2D eigenvalue weighted by molar-refractivity contribution is 0.0610. The minimum Gasteiger partial charge on any atom is -0.305 e. The van der Waals surface area contributed by atoms with Gasteiger partial charge in [0.2, 0.25) is 0 Å². The normalized spacial score (nSPS) is 20.3. The van der Waals surface area contributed by atoms with Crippen molar-refractivity contribution in [3.8, 4) is 0 Å². The van der Waals surface area contributed by atoms with E-state index in [1.807, 2.05) is 12.1 Å². The van der Waals surface area contributed by atoms with Crippen molar-refractivity contribution in [2.24, 2.45) is 0 Å². The number of rotatable bonds is 2. The van der Waals surface area contributed by atoms with Crippen LogP contribution in [-0.2, 0) is 11.3 Å². The van der Waals surface area contributed by atoms with Crippen molar-refractivity contribution in [2.45, 2.75) is 18.9 Å². The van der Waals surface area contributed by atoms with Crippen molar-refractivity contribution in [3.63, 3.8) is 0 Å². The number of hydrogen-bond acceptors (Lipinski definition) is 2. The van der Waals surface area contributed by atoms with E-state index in [1.165, 1.54) is 11.1 Å². The maximum atomic E-state index is 5.90. The first-order valence-electron chi connectivity index (χ1n) is 4.38. The van der Waals surface area contributed by atoms with Crippen molar-refractivity contribution < 1.29 is 4.84 Å². The first-order valence-corrected chi connectivity index (χ1v) is 4.76. The zero-order chi connectivity index (χ0) is 9.26. The molecule has 1 unspecified atom stereocenters. The molecule has 0 saturated carbocycles. The molecule has 1 atom stereocenters. The van der Waals surface area contributed by atoms with Crippen LogP contribution in [0.3, 0.4) is 0 Å². The Labute approximate surface area is 82.8 Å².